The van der Waals surface area contributed by atoms with Crippen molar-refractivity contribution in [3.63, 3.8) is 0 Å². The van der Waals surface area contributed by atoms with Crippen molar-refractivity contribution in [3.05, 3.63) is 118 Å². The Labute approximate surface area is 227 Å². The Morgan fingerprint density at radius 3 is 1.74 bits per heavy atom. The van der Waals surface area contributed by atoms with Gasteiger partial charge in [0.15, 0.2) is 6.23 Å². The van der Waals surface area contributed by atoms with Crippen molar-refractivity contribution in [1.29, 1.82) is 0 Å². The monoisotopic (exact) mass is 530 g/mol. The minimum absolute atomic E-state index is 0.0716. The number of nitrogens with two attached hydrogens (primary N) is 1. The number of urea groups is 1. The van der Waals surface area contributed by atoms with Gasteiger partial charge in [-0.1, -0.05) is 89.5 Å². The number of nitrogens with one attached hydrogen (secondary N) is 2. The van der Waals surface area contributed by atoms with Gasteiger partial charge in [-0.15, -0.1) is 0 Å². The molecule has 0 aliphatic carbocycles. The van der Waals surface area contributed by atoms with E-state index >= 15 is 0 Å². The molecule has 9 heteroatoms. The van der Waals surface area contributed by atoms with Crippen LogP contribution in [0.4, 0.5) is 4.79 Å². The molecular formula is C30H34N4O5. The van der Waals surface area contributed by atoms with Crippen LogP contribution >= 0.6 is 0 Å². The molecule has 1 saturated heterocycles. The zero-order valence-electron chi connectivity index (χ0n) is 22.2. The van der Waals surface area contributed by atoms with Crippen LogP contribution in [0.1, 0.15) is 33.4 Å². The van der Waals surface area contributed by atoms with E-state index in [2.05, 4.69) is 10.7 Å². The molecule has 0 aromatic heterocycles. The SMILES string of the molecule is Cc1ccc(C(OCC2OC(N3NC=C(N)NC3=O)C(O)C2O)(c2ccc(C)cc2)c2ccc(C)cc2)cc1. The molecular weight excluding hydrogens is 496 g/mol. The van der Waals surface area contributed by atoms with Gasteiger partial charge in [0.25, 0.3) is 0 Å². The molecule has 0 radical (unpaired) electrons. The summed E-state index contributed by atoms with van der Waals surface area (Å²) in [6, 6.07) is 23.9. The van der Waals surface area contributed by atoms with E-state index in [1.807, 2.05) is 93.6 Å². The van der Waals surface area contributed by atoms with Crippen LogP contribution in [0.15, 0.2) is 84.8 Å². The Bertz CT molecular complexity index is 1230. The number of hydrogen-bond acceptors (Lipinski definition) is 7. The summed E-state index contributed by atoms with van der Waals surface area (Å²) < 4.78 is 12.8. The van der Waals surface area contributed by atoms with Gasteiger partial charge in [-0.3, -0.25) is 10.7 Å². The molecule has 2 aliphatic heterocycles. The largest absolute Gasteiger partial charge is 0.387 e. The second kappa shape index (κ2) is 10.7. The van der Waals surface area contributed by atoms with E-state index in [4.69, 9.17) is 15.2 Å². The third kappa shape index (κ3) is 5.09. The van der Waals surface area contributed by atoms with Crippen molar-refractivity contribution in [2.24, 2.45) is 5.73 Å². The maximum atomic E-state index is 12.4. The first kappa shape index (κ1) is 26.7. The number of rotatable bonds is 7. The molecule has 3 aromatic rings. The zero-order chi connectivity index (χ0) is 27.7. The molecule has 0 spiro atoms. The fourth-order valence-electron chi connectivity index (χ4n) is 5.01. The summed E-state index contributed by atoms with van der Waals surface area (Å²) in [6.07, 6.45) is -3.41. The number of carbonyl (C=O) groups is 1. The molecule has 1 fully saturated rings. The molecule has 6 N–H and O–H groups in total. The number of amides is 2. The highest BCUT2D eigenvalue weighted by Crippen LogP contribution is 2.42. The molecule has 2 aliphatic rings. The fourth-order valence-corrected chi connectivity index (χ4v) is 5.01. The van der Waals surface area contributed by atoms with Crippen molar-refractivity contribution < 1.29 is 24.5 Å². The second-order valence-corrected chi connectivity index (χ2v) is 10.2. The molecule has 9 nitrogen and oxygen atoms in total. The van der Waals surface area contributed by atoms with Crippen LogP contribution < -0.4 is 16.5 Å². The lowest BCUT2D eigenvalue weighted by Crippen LogP contribution is -2.59. The number of aliphatic hydroxyl groups excluding tert-OH is 2. The Morgan fingerprint density at radius 2 is 1.31 bits per heavy atom. The normalized spacial score (nSPS) is 23.3. The number of hydrazine groups is 1. The van der Waals surface area contributed by atoms with Crippen LogP contribution in [-0.2, 0) is 15.1 Å². The Morgan fingerprint density at radius 1 is 0.846 bits per heavy atom. The van der Waals surface area contributed by atoms with E-state index in [9.17, 15) is 15.0 Å². The van der Waals surface area contributed by atoms with Gasteiger partial charge in [-0.05, 0) is 37.5 Å². The summed E-state index contributed by atoms with van der Waals surface area (Å²) in [6.45, 7) is 6.02. The fraction of sp³-hybridized carbons (Fsp3) is 0.300. The highest BCUT2D eigenvalue weighted by atomic mass is 16.6. The Kier molecular flexibility index (Phi) is 7.33. The third-order valence-corrected chi connectivity index (χ3v) is 7.26. The first-order valence-electron chi connectivity index (χ1n) is 12.9. The minimum atomic E-state index is -1.38. The van der Waals surface area contributed by atoms with Gasteiger partial charge < -0.3 is 25.4 Å². The van der Waals surface area contributed by atoms with E-state index < -0.39 is 36.2 Å². The average Bonchev–Trinajstić information content (AvgIpc) is 3.20. The lowest BCUT2D eigenvalue weighted by Gasteiger charge is -2.37. The van der Waals surface area contributed by atoms with Gasteiger partial charge in [0, 0.05) is 0 Å². The van der Waals surface area contributed by atoms with Gasteiger partial charge in [0.2, 0.25) is 0 Å². The Hall–Kier alpha value is -3.89. The summed E-state index contributed by atoms with van der Waals surface area (Å²) in [5.74, 6) is 0.128. The number of carbonyl (C=O) groups excluding carboxylic acids is 1. The lowest BCUT2D eigenvalue weighted by atomic mass is 9.79. The summed E-state index contributed by atoms with van der Waals surface area (Å²) in [5.41, 5.74) is 13.3. The van der Waals surface area contributed by atoms with E-state index in [1.54, 1.807) is 0 Å². The van der Waals surface area contributed by atoms with Crippen molar-refractivity contribution in [3.8, 4) is 0 Å². The molecule has 2 amide bonds. The summed E-state index contributed by atoms with van der Waals surface area (Å²) in [5, 5.41) is 25.2. The van der Waals surface area contributed by atoms with Crippen molar-refractivity contribution in [2.75, 3.05) is 6.61 Å². The summed E-state index contributed by atoms with van der Waals surface area (Å²) >= 11 is 0. The summed E-state index contributed by atoms with van der Waals surface area (Å²) in [7, 11) is 0. The first-order chi connectivity index (χ1) is 18.7. The molecule has 4 atom stereocenters. The van der Waals surface area contributed by atoms with E-state index in [0.717, 1.165) is 38.4 Å². The molecule has 0 bridgehead atoms. The van der Waals surface area contributed by atoms with Crippen LogP contribution in [0.25, 0.3) is 0 Å². The van der Waals surface area contributed by atoms with Gasteiger partial charge >= 0.3 is 6.03 Å². The maximum absolute atomic E-state index is 12.4. The van der Waals surface area contributed by atoms with Crippen LogP contribution in [0.3, 0.4) is 0 Å². The van der Waals surface area contributed by atoms with Crippen molar-refractivity contribution >= 4 is 6.03 Å². The predicted molar refractivity (Wildman–Crippen MR) is 146 cm³/mol. The molecule has 3 aromatic carbocycles. The van der Waals surface area contributed by atoms with E-state index in [1.165, 1.54) is 6.20 Å². The van der Waals surface area contributed by atoms with Crippen LogP contribution in [-0.4, -0.2) is 52.4 Å². The zero-order valence-corrected chi connectivity index (χ0v) is 22.2. The smallest absolute Gasteiger partial charge is 0.344 e. The Balaban J connectivity index is 1.52. The van der Waals surface area contributed by atoms with Gasteiger partial charge in [0.05, 0.1) is 12.8 Å². The van der Waals surface area contributed by atoms with E-state index in [0.29, 0.717) is 0 Å². The number of aryl methyl sites for hydroxylation is 3. The average molecular weight is 531 g/mol. The quantitative estimate of drug-likeness (QED) is 0.297. The number of aliphatic hydroxyl groups is 2. The van der Waals surface area contributed by atoms with Crippen LogP contribution in [0, 0.1) is 20.8 Å². The topological polar surface area (TPSA) is 129 Å². The molecule has 2 heterocycles. The van der Waals surface area contributed by atoms with Gasteiger partial charge in [-0.2, -0.15) is 0 Å². The summed E-state index contributed by atoms with van der Waals surface area (Å²) in [4.78, 5) is 12.4. The highest BCUT2D eigenvalue weighted by Gasteiger charge is 2.49. The standard InChI is InChI=1S/C30H34N4O5/c1-18-4-10-21(11-5-18)30(22-12-6-19(2)7-13-22,23-14-8-20(3)9-15-23)38-17-24-26(35)27(36)28(39-24)34-29(37)33-25(31)16-32-34/h4-16,24,26-28,32,35-36H,17,31H2,1-3H3,(H,33,37). The van der Waals surface area contributed by atoms with Crippen LogP contribution in [0.5, 0.6) is 0 Å². The minimum Gasteiger partial charge on any atom is -0.387 e. The molecule has 4 unspecified atom stereocenters. The van der Waals surface area contributed by atoms with E-state index in [-0.39, 0.29) is 12.4 Å². The second-order valence-electron chi connectivity index (χ2n) is 10.2. The van der Waals surface area contributed by atoms with Gasteiger partial charge in [-0.25, -0.2) is 9.80 Å². The molecule has 0 saturated carbocycles. The van der Waals surface area contributed by atoms with Crippen LogP contribution in [0.2, 0.25) is 0 Å². The van der Waals surface area contributed by atoms with Crippen molar-refractivity contribution in [1.82, 2.24) is 15.8 Å². The number of benzene rings is 3. The highest BCUT2D eigenvalue weighted by molar-refractivity contribution is 5.76. The predicted octanol–water partition coefficient (Wildman–Crippen LogP) is 2.65. The first-order valence-corrected chi connectivity index (χ1v) is 12.9. The maximum Gasteiger partial charge on any atom is 0.344 e. The third-order valence-electron chi connectivity index (χ3n) is 7.26. The molecule has 204 valence electrons. The number of ether oxygens (including phenoxy) is 2. The molecule has 39 heavy (non-hydrogen) atoms. The number of nitrogens with zero attached hydrogens (tertiary/aromatic N) is 1. The van der Waals surface area contributed by atoms with Crippen molar-refractivity contribution in [2.45, 2.75) is 50.9 Å². The number of hydrogen-bond donors (Lipinski definition) is 5. The molecule has 5 rings (SSSR count). The van der Waals surface area contributed by atoms with Gasteiger partial charge in [0.1, 0.15) is 29.7 Å². The lowest BCUT2D eigenvalue weighted by molar-refractivity contribution is -0.114.